The summed E-state index contributed by atoms with van der Waals surface area (Å²) in [4.78, 5) is 9.25. The van der Waals surface area contributed by atoms with Crippen LogP contribution in [-0.2, 0) is 0 Å². The molecule has 0 spiro atoms. The molecule has 0 aliphatic carbocycles. The molecule has 0 bridgehead atoms. The fourth-order valence-electron chi connectivity index (χ4n) is 2.89. The van der Waals surface area contributed by atoms with Gasteiger partial charge in [0, 0.05) is 18.0 Å². The summed E-state index contributed by atoms with van der Waals surface area (Å²) in [6, 6.07) is 19.1. The molecule has 0 atom stereocenters. The maximum Gasteiger partial charge on any atom is 0.162 e. The van der Waals surface area contributed by atoms with Crippen LogP contribution in [0.3, 0.4) is 0 Å². The molecule has 0 aliphatic heterocycles. The van der Waals surface area contributed by atoms with Crippen LogP contribution >= 0.6 is 0 Å². The number of halogens is 2. The molecule has 1 N–H and O–H groups in total. The standard InChI is InChI=1S/C21H15F2N3/c1-24-21-16-9-7-15(14-8-10-17(22)18(23)11-14)12-19(16)25-20(26-21)13-5-3-2-4-6-13/h2-12H,1H3,(H,24,25,26). The minimum atomic E-state index is -0.869. The summed E-state index contributed by atoms with van der Waals surface area (Å²) in [6.45, 7) is 0. The van der Waals surface area contributed by atoms with Crippen LogP contribution in [0.1, 0.15) is 0 Å². The fraction of sp³-hybridized carbons (Fsp3) is 0.0476. The Labute approximate surface area is 149 Å². The van der Waals surface area contributed by atoms with Gasteiger partial charge in [0.1, 0.15) is 5.82 Å². The Morgan fingerprint density at radius 3 is 2.19 bits per heavy atom. The highest BCUT2D eigenvalue weighted by Gasteiger charge is 2.11. The zero-order chi connectivity index (χ0) is 18.1. The van der Waals surface area contributed by atoms with Crippen LogP contribution in [0.5, 0.6) is 0 Å². The maximum absolute atomic E-state index is 13.6. The van der Waals surface area contributed by atoms with E-state index in [-0.39, 0.29) is 0 Å². The number of hydrogen-bond acceptors (Lipinski definition) is 3. The molecule has 128 valence electrons. The Morgan fingerprint density at radius 2 is 1.46 bits per heavy atom. The minimum absolute atomic E-state index is 0.594. The fourth-order valence-corrected chi connectivity index (χ4v) is 2.89. The van der Waals surface area contributed by atoms with Gasteiger partial charge in [-0.15, -0.1) is 0 Å². The molecular formula is C21H15F2N3. The van der Waals surface area contributed by atoms with Gasteiger partial charge in [-0.1, -0.05) is 42.5 Å². The van der Waals surface area contributed by atoms with Crippen molar-refractivity contribution in [1.29, 1.82) is 0 Å². The first-order chi connectivity index (χ1) is 12.7. The largest absolute Gasteiger partial charge is 0.373 e. The molecule has 3 nitrogen and oxygen atoms in total. The highest BCUT2D eigenvalue weighted by atomic mass is 19.2. The Hall–Kier alpha value is -3.34. The average molecular weight is 347 g/mol. The zero-order valence-corrected chi connectivity index (χ0v) is 14.0. The lowest BCUT2D eigenvalue weighted by atomic mass is 10.0. The molecular weight excluding hydrogens is 332 g/mol. The molecule has 0 fully saturated rings. The molecule has 0 amide bonds. The maximum atomic E-state index is 13.6. The summed E-state index contributed by atoms with van der Waals surface area (Å²) in [7, 11) is 1.81. The van der Waals surface area contributed by atoms with E-state index in [1.54, 1.807) is 13.1 Å². The summed E-state index contributed by atoms with van der Waals surface area (Å²) in [6.07, 6.45) is 0. The molecule has 5 heteroatoms. The van der Waals surface area contributed by atoms with Crippen LogP contribution in [0.25, 0.3) is 33.4 Å². The predicted octanol–water partition coefficient (Wildman–Crippen LogP) is 5.28. The molecule has 0 radical (unpaired) electrons. The Balaban J connectivity index is 1.90. The van der Waals surface area contributed by atoms with Crippen LogP contribution in [-0.4, -0.2) is 17.0 Å². The topological polar surface area (TPSA) is 37.8 Å². The van der Waals surface area contributed by atoms with E-state index in [0.29, 0.717) is 17.2 Å². The summed E-state index contributed by atoms with van der Waals surface area (Å²) in [5, 5.41) is 3.95. The Kier molecular flexibility index (Phi) is 4.05. The van der Waals surface area contributed by atoms with Crippen LogP contribution < -0.4 is 5.32 Å². The predicted molar refractivity (Wildman–Crippen MR) is 99.9 cm³/mol. The number of rotatable bonds is 3. The van der Waals surface area contributed by atoms with Crippen molar-refractivity contribution in [1.82, 2.24) is 9.97 Å². The van der Waals surface area contributed by atoms with Gasteiger partial charge in [-0.3, -0.25) is 0 Å². The molecule has 1 heterocycles. The number of nitrogens with one attached hydrogen (secondary N) is 1. The van der Waals surface area contributed by atoms with Gasteiger partial charge in [0.25, 0.3) is 0 Å². The number of nitrogens with zero attached hydrogens (tertiary/aromatic N) is 2. The van der Waals surface area contributed by atoms with Crippen molar-refractivity contribution in [2.45, 2.75) is 0 Å². The number of benzene rings is 3. The Bertz CT molecular complexity index is 1100. The van der Waals surface area contributed by atoms with Crippen LogP contribution in [0.2, 0.25) is 0 Å². The van der Waals surface area contributed by atoms with Gasteiger partial charge in [-0.05, 0) is 35.4 Å². The van der Waals surface area contributed by atoms with E-state index in [1.807, 2.05) is 48.5 Å². The van der Waals surface area contributed by atoms with E-state index >= 15 is 0 Å². The van der Waals surface area contributed by atoms with Gasteiger partial charge in [0.2, 0.25) is 0 Å². The summed E-state index contributed by atoms with van der Waals surface area (Å²) < 4.78 is 26.8. The second-order valence-corrected chi connectivity index (χ2v) is 5.87. The van der Waals surface area contributed by atoms with Gasteiger partial charge >= 0.3 is 0 Å². The highest BCUT2D eigenvalue weighted by Crippen LogP contribution is 2.29. The van der Waals surface area contributed by atoms with Crippen LogP contribution in [0.4, 0.5) is 14.6 Å². The molecule has 4 rings (SSSR count). The summed E-state index contributed by atoms with van der Waals surface area (Å²) >= 11 is 0. The first kappa shape index (κ1) is 16.1. The van der Waals surface area contributed by atoms with E-state index < -0.39 is 11.6 Å². The third-order valence-electron chi connectivity index (χ3n) is 4.22. The quantitative estimate of drug-likeness (QED) is 0.548. The first-order valence-electron chi connectivity index (χ1n) is 8.16. The van der Waals surface area contributed by atoms with Crippen LogP contribution in [0.15, 0.2) is 66.7 Å². The Morgan fingerprint density at radius 1 is 0.731 bits per heavy atom. The molecule has 0 unspecified atom stereocenters. The van der Waals surface area contributed by atoms with Crippen LogP contribution in [0, 0.1) is 11.6 Å². The molecule has 0 saturated heterocycles. The van der Waals surface area contributed by atoms with E-state index in [1.165, 1.54) is 6.07 Å². The normalized spacial score (nSPS) is 10.9. The van der Waals surface area contributed by atoms with Gasteiger partial charge in [0.15, 0.2) is 17.5 Å². The van der Waals surface area contributed by atoms with Gasteiger partial charge in [-0.2, -0.15) is 0 Å². The monoisotopic (exact) mass is 347 g/mol. The SMILES string of the molecule is CNc1nc(-c2ccccc2)nc2cc(-c3ccc(F)c(F)c3)ccc12. The number of hydrogen-bond donors (Lipinski definition) is 1. The first-order valence-corrected chi connectivity index (χ1v) is 8.16. The van der Waals surface area contributed by atoms with Gasteiger partial charge < -0.3 is 5.32 Å². The van der Waals surface area contributed by atoms with Crippen molar-refractivity contribution < 1.29 is 8.78 Å². The van der Waals surface area contributed by atoms with Crippen molar-refractivity contribution in [3.05, 3.63) is 78.4 Å². The van der Waals surface area contributed by atoms with Gasteiger partial charge in [0.05, 0.1) is 5.52 Å². The molecule has 4 aromatic rings. The average Bonchev–Trinajstić information content (AvgIpc) is 2.69. The third-order valence-corrected chi connectivity index (χ3v) is 4.22. The van der Waals surface area contributed by atoms with Crippen molar-refractivity contribution in [2.75, 3.05) is 12.4 Å². The molecule has 26 heavy (non-hydrogen) atoms. The highest BCUT2D eigenvalue weighted by molar-refractivity contribution is 5.93. The second kappa shape index (κ2) is 6.52. The van der Waals surface area contributed by atoms with Crippen molar-refractivity contribution >= 4 is 16.7 Å². The number of anilines is 1. The molecule has 0 aliphatic rings. The van der Waals surface area contributed by atoms with Crippen molar-refractivity contribution in [3.63, 3.8) is 0 Å². The second-order valence-electron chi connectivity index (χ2n) is 5.87. The molecule has 3 aromatic carbocycles. The van der Waals surface area contributed by atoms with E-state index in [0.717, 1.165) is 28.1 Å². The lowest BCUT2D eigenvalue weighted by Gasteiger charge is -2.10. The molecule has 1 aromatic heterocycles. The van der Waals surface area contributed by atoms with E-state index in [9.17, 15) is 8.78 Å². The third kappa shape index (κ3) is 2.88. The van der Waals surface area contributed by atoms with Crippen molar-refractivity contribution in [3.8, 4) is 22.5 Å². The lowest BCUT2D eigenvalue weighted by molar-refractivity contribution is 0.509. The summed E-state index contributed by atoms with van der Waals surface area (Å²) in [5.74, 6) is -0.414. The summed E-state index contributed by atoms with van der Waals surface area (Å²) in [5.41, 5.74) is 2.99. The number of aromatic nitrogens is 2. The molecule has 0 saturated carbocycles. The lowest BCUT2D eigenvalue weighted by Crippen LogP contribution is -1.99. The minimum Gasteiger partial charge on any atom is -0.373 e. The van der Waals surface area contributed by atoms with Gasteiger partial charge in [-0.25, -0.2) is 18.7 Å². The van der Waals surface area contributed by atoms with E-state index in [4.69, 9.17) is 0 Å². The smallest absolute Gasteiger partial charge is 0.162 e. The van der Waals surface area contributed by atoms with Crippen molar-refractivity contribution in [2.24, 2.45) is 0 Å². The zero-order valence-electron chi connectivity index (χ0n) is 14.0. The van der Waals surface area contributed by atoms with E-state index in [2.05, 4.69) is 15.3 Å². The number of fused-ring (bicyclic) bond motifs is 1.